The lowest BCUT2D eigenvalue weighted by atomic mass is 9.86. The molecule has 0 saturated heterocycles. The van der Waals surface area contributed by atoms with Crippen molar-refractivity contribution in [3.05, 3.63) is 24.5 Å². The molecule has 1 fully saturated rings. The van der Waals surface area contributed by atoms with Crippen molar-refractivity contribution >= 4 is 0 Å². The van der Waals surface area contributed by atoms with Crippen molar-refractivity contribution in [2.24, 2.45) is 5.73 Å². The van der Waals surface area contributed by atoms with E-state index in [0.29, 0.717) is 29.4 Å². The molecule has 1 saturated carbocycles. The van der Waals surface area contributed by atoms with Gasteiger partial charge >= 0.3 is 0 Å². The molecule has 0 amide bonds. The van der Waals surface area contributed by atoms with Crippen molar-refractivity contribution in [3.63, 3.8) is 0 Å². The van der Waals surface area contributed by atoms with Crippen molar-refractivity contribution in [1.82, 2.24) is 20.1 Å². The van der Waals surface area contributed by atoms with Gasteiger partial charge in [-0.3, -0.25) is 4.98 Å². The van der Waals surface area contributed by atoms with Gasteiger partial charge in [0.2, 0.25) is 11.7 Å². The molecule has 3 rings (SSSR count). The molecular weight excluding hydrogens is 230 g/mol. The standard InChI is InChI=1S/C12H15N5O/c13-9-3-1-8(2-4-9)12-16-11(17-18-12)10-7-14-5-6-15-10/h5-9H,1-4,13H2. The maximum atomic E-state index is 5.89. The van der Waals surface area contributed by atoms with Gasteiger partial charge < -0.3 is 10.3 Å². The summed E-state index contributed by atoms with van der Waals surface area (Å²) in [5.41, 5.74) is 6.53. The number of rotatable bonds is 2. The minimum atomic E-state index is 0.323. The Bertz CT molecular complexity index is 504. The molecule has 1 aliphatic carbocycles. The van der Waals surface area contributed by atoms with Gasteiger partial charge in [-0.2, -0.15) is 4.98 Å². The van der Waals surface area contributed by atoms with E-state index in [9.17, 15) is 0 Å². The maximum Gasteiger partial charge on any atom is 0.230 e. The molecule has 6 nitrogen and oxygen atoms in total. The Morgan fingerprint density at radius 1 is 1.17 bits per heavy atom. The molecule has 2 heterocycles. The predicted octanol–water partition coefficient (Wildman–Crippen LogP) is 1.51. The van der Waals surface area contributed by atoms with Gasteiger partial charge in [0.15, 0.2) is 0 Å². The van der Waals surface area contributed by atoms with Gasteiger partial charge in [-0.25, -0.2) is 4.98 Å². The van der Waals surface area contributed by atoms with E-state index in [0.717, 1.165) is 25.7 Å². The van der Waals surface area contributed by atoms with E-state index in [2.05, 4.69) is 20.1 Å². The molecule has 2 aromatic rings. The maximum absolute atomic E-state index is 5.89. The van der Waals surface area contributed by atoms with Gasteiger partial charge in [0.25, 0.3) is 0 Å². The average Bonchev–Trinajstić information content (AvgIpc) is 2.90. The smallest absolute Gasteiger partial charge is 0.230 e. The Hall–Kier alpha value is -1.82. The lowest BCUT2D eigenvalue weighted by Crippen LogP contribution is -2.25. The first-order valence-corrected chi connectivity index (χ1v) is 6.18. The van der Waals surface area contributed by atoms with Crippen molar-refractivity contribution < 1.29 is 4.52 Å². The molecule has 0 atom stereocenters. The normalized spacial score (nSPS) is 24.1. The van der Waals surface area contributed by atoms with Crippen LogP contribution in [0.25, 0.3) is 11.5 Å². The first-order chi connectivity index (χ1) is 8.83. The van der Waals surface area contributed by atoms with Gasteiger partial charge in [0.05, 0.1) is 6.20 Å². The lowest BCUT2D eigenvalue weighted by molar-refractivity contribution is 0.301. The number of hydrogen-bond donors (Lipinski definition) is 1. The van der Waals surface area contributed by atoms with Gasteiger partial charge in [-0.05, 0) is 25.7 Å². The number of nitrogens with two attached hydrogens (primary N) is 1. The van der Waals surface area contributed by atoms with Crippen LogP contribution >= 0.6 is 0 Å². The van der Waals surface area contributed by atoms with Crippen LogP contribution in [0.2, 0.25) is 0 Å². The number of aromatic nitrogens is 4. The zero-order chi connectivity index (χ0) is 12.4. The van der Waals surface area contributed by atoms with E-state index >= 15 is 0 Å². The summed E-state index contributed by atoms with van der Waals surface area (Å²) in [6, 6.07) is 0.323. The Morgan fingerprint density at radius 2 is 2.00 bits per heavy atom. The second kappa shape index (κ2) is 4.81. The van der Waals surface area contributed by atoms with Crippen molar-refractivity contribution in [1.29, 1.82) is 0 Å². The minimum Gasteiger partial charge on any atom is -0.339 e. The Balaban J connectivity index is 1.78. The van der Waals surface area contributed by atoms with E-state index in [-0.39, 0.29) is 0 Å². The summed E-state index contributed by atoms with van der Waals surface area (Å²) >= 11 is 0. The second-order valence-corrected chi connectivity index (χ2v) is 4.66. The van der Waals surface area contributed by atoms with Crippen molar-refractivity contribution in [2.75, 3.05) is 0 Å². The molecule has 2 N–H and O–H groups in total. The van der Waals surface area contributed by atoms with E-state index in [4.69, 9.17) is 10.3 Å². The molecule has 0 unspecified atom stereocenters. The van der Waals surface area contributed by atoms with Crippen molar-refractivity contribution in [2.45, 2.75) is 37.6 Å². The van der Waals surface area contributed by atoms with E-state index in [1.807, 2.05) is 0 Å². The summed E-state index contributed by atoms with van der Waals surface area (Å²) < 4.78 is 5.32. The Kier molecular flexibility index (Phi) is 3.02. The monoisotopic (exact) mass is 245 g/mol. The Morgan fingerprint density at radius 3 is 2.72 bits per heavy atom. The van der Waals surface area contributed by atoms with Crippen LogP contribution in [-0.4, -0.2) is 26.2 Å². The fraction of sp³-hybridized carbons (Fsp3) is 0.500. The van der Waals surface area contributed by atoms with Crippen LogP contribution < -0.4 is 5.73 Å². The molecule has 2 aromatic heterocycles. The molecule has 6 heteroatoms. The van der Waals surface area contributed by atoms with Crippen LogP contribution in [0.1, 0.15) is 37.5 Å². The fourth-order valence-electron chi connectivity index (χ4n) is 2.29. The average molecular weight is 245 g/mol. The van der Waals surface area contributed by atoms with Crippen LogP contribution in [0, 0.1) is 0 Å². The van der Waals surface area contributed by atoms with Crippen LogP contribution in [0.3, 0.4) is 0 Å². The third-order valence-corrected chi connectivity index (χ3v) is 3.36. The number of hydrogen-bond acceptors (Lipinski definition) is 6. The summed E-state index contributed by atoms with van der Waals surface area (Å²) in [4.78, 5) is 12.6. The van der Waals surface area contributed by atoms with Gasteiger partial charge in [-0.1, -0.05) is 5.16 Å². The second-order valence-electron chi connectivity index (χ2n) is 4.66. The van der Waals surface area contributed by atoms with Gasteiger partial charge in [0, 0.05) is 24.4 Å². The molecule has 94 valence electrons. The summed E-state index contributed by atoms with van der Waals surface area (Å²) in [6.45, 7) is 0. The van der Waals surface area contributed by atoms with Crippen molar-refractivity contribution in [3.8, 4) is 11.5 Å². The summed E-state index contributed by atoms with van der Waals surface area (Å²) in [7, 11) is 0. The molecule has 0 bridgehead atoms. The first-order valence-electron chi connectivity index (χ1n) is 6.18. The SMILES string of the molecule is NC1CCC(c2nc(-c3cnccn3)no2)CC1. The first kappa shape index (κ1) is 11.3. The molecular formula is C12H15N5O. The van der Waals surface area contributed by atoms with E-state index in [1.165, 1.54) is 0 Å². The van der Waals surface area contributed by atoms with Crippen LogP contribution in [0.4, 0.5) is 0 Å². The highest BCUT2D eigenvalue weighted by Crippen LogP contribution is 2.31. The molecule has 1 aliphatic rings. The van der Waals surface area contributed by atoms with Crippen LogP contribution in [0.5, 0.6) is 0 Å². The van der Waals surface area contributed by atoms with E-state index < -0.39 is 0 Å². The highest BCUT2D eigenvalue weighted by Gasteiger charge is 2.25. The summed E-state index contributed by atoms with van der Waals surface area (Å²) in [5, 5.41) is 3.96. The van der Waals surface area contributed by atoms with Crippen LogP contribution in [0.15, 0.2) is 23.1 Å². The van der Waals surface area contributed by atoms with E-state index in [1.54, 1.807) is 18.6 Å². The quantitative estimate of drug-likeness (QED) is 0.862. The minimum absolute atomic E-state index is 0.323. The zero-order valence-electron chi connectivity index (χ0n) is 9.99. The molecule has 0 spiro atoms. The molecule has 0 aliphatic heterocycles. The zero-order valence-corrected chi connectivity index (χ0v) is 9.99. The molecule has 0 aromatic carbocycles. The van der Waals surface area contributed by atoms with Gasteiger partial charge in [0.1, 0.15) is 5.69 Å². The van der Waals surface area contributed by atoms with Crippen LogP contribution in [-0.2, 0) is 0 Å². The topological polar surface area (TPSA) is 90.7 Å². The third kappa shape index (κ3) is 2.24. The lowest BCUT2D eigenvalue weighted by Gasteiger charge is -2.22. The predicted molar refractivity (Wildman–Crippen MR) is 64.5 cm³/mol. The summed E-state index contributed by atoms with van der Waals surface area (Å²) in [5.74, 6) is 1.54. The molecule has 18 heavy (non-hydrogen) atoms. The highest BCUT2D eigenvalue weighted by molar-refractivity contribution is 5.45. The Labute approximate surface area is 105 Å². The van der Waals surface area contributed by atoms with Gasteiger partial charge in [-0.15, -0.1) is 0 Å². The largest absolute Gasteiger partial charge is 0.339 e. The molecule has 0 radical (unpaired) electrons. The highest BCUT2D eigenvalue weighted by atomic mass is 16.5. The number of nitrogens with zero attached hydrogens (tertiary/aromatic N) is 4. The fourth-order valence-corrected chi connectivity index (χ4v) is 2.29. The third-order valence-electron chi connectivity index (χ3n) is 3.36. The summed E-state index contributed by atoms with van der Waals surface area (Å²) in [6.07, 6.45) is 8.94.